The molecule has 0 aromatic carbocycles. The topological polar surface area (TPSA) is 49.8 Å². The average Bonchev–Trinajstić information content (AvgIpc) is 2.17. The molecular formula is C10H19NO3. The van der Waals surface area contributed by atoms with Crippen LogP contribution in [0.4, 0.5) is 0 Å². The third kappa shape index (κ3) is 3.27. The molecule has 2 atom stereocenters. The second-order valence-electron chi connectivity index (χ2n) is 3.84. The summed E-state index contributed by atoms with van der Waals surface area (Å²) in [6, 6.07) is 0.116. The first-order chi connectivity index (χ1) is 6.63. The van der Waals surface area contributed by atoms with Crippen LogP contribution in [0.5, 0.6) is 0 Å². The molecular weight excluding hydrogens is 182 g/mol. The maximum Gasteiger partial charge on any atom is 0.304 e. The van der Waals surface area contributed by atoms with E-state index in [2.05, 4.69) is 11.8 Å². The van der Waals surface area contributed by atoms with Crippen LogP contribution >= 0.6 is 0 Å². The van der Waals surface area contributed by atoms with Crippen molar-refractivity contribution < 1.29 is 14.6 Å². The van der Waals surface area contributed by atoms with Gasteiger partial charge in [0.15, 0.2) is 0 Å². The van der Waals surface area contributed by atoms with Crippen molar-refractivity contribution >= 4 is 5.97 Å². The third-order valence-corrected chi connectivity index (χ3v) is 2.72. The quantitative estimate of drug-likeness (QED) is 0.736. The van der Waals surface area contributed by atoms with Gasteiger partial charge < -0.3 is 9.84 Å². The molecule has 0 aromatic heterocycles. The van der Waals surface area contributed by atoms with Gasteiger partial charge in [0.1, 0.15) is 0 Å². The van der Waals surface area contributed by atoms with Gasteiger partial charge in [0.2, 0.25) is 0 Å². The first-order valence-electron chi connectivity index (χ1n) is 5.21. The van der Waals surface area contributed by atoms with Crippen molar-refractivity contribution in [2.75, 3.05) is 19.7 Å². The second kappa shape index (κ2) is 5.32. The zero-order valence-electron chi connectivity index (χ0n) is 8.90. The van der Waals surface area contributed by atoms with Crippen LogP contribution < -0.4 is 0 Å². The number of hydrogen-bond acceptors (Lipinski definition) is 3. The Morgan fingerprint density at radius 3 is 3.00 bits per heavy atom. The lowest BCUT2D eigenvalue weighted by atomic mass is 10.1. The molecule has 0 radical (unpaired) electrons. The minimum Gasteiger partial charge on any atom is -0.481 e. The Kier molecular flexibility index (Phi) is 4.35. The summed E-state index contributed by atoms with van der Waals surface area (Å²) in [5, 5.41) is 8.68. The van der Waals surface area contributed by atoms with Gasteiger partial charge in [-0.3, -0.25) is 9.69 Å². The highest BCUT2D eigenvalue weighted by atomic mass is 16.5. The van der Waals surface area contributed by atoms with Crippen LogP contribution in [0.25, 0.3) is 0 Å². The number of carboxylic acids is 1. The van der Waals surface area contributed by atoms with Gasteiger partial charge in [0, 0.05) is 19.1 Å². The molecule has 0 aromatic rings. The summed E-state index contributed by atoms with van der Waals surface area (Å²) in [6.07, 6.45) is 1.49. The van der Waals surface area contributed by atoms with Crippen molar-refractivity contribution in [1.29, 1.82) is 0 Å². The van der Waals surface area contributed by atoms with E-state index in [1.54, 1.807) is 0 Å². The molecule has 0 bridgehead atoms. The minimum atomic E-state index is -0.725. The number of rotatable bonds is 4. The van der Waals surface area contributed by atoms with E-state index in [1.165, 1.54) is 0 Å². The molecule has 0 spiro atoms. The Balaban J connectivity index is 2.38. The number of carbonyl (C=O) groups is 1. The lowest BCUT2D eigenvalue weighted by molar-refractivity contribution is -0.139. The SMILES string of the molecule is CCC1CN(C(C)CC(=O)O)CCO1. The molecule has 4 heteroatoms. The number of ether oxygens (including phenoxy) is 1. The van der Waals surface area contributed by atoms with Crippen LogP contribution in [0.15, 0.2) is 0 Å². The highest BCUT2D eigenvalue weighted by molar-refractivity contribution is 5.67. The van der Waals surface area contributed by atoms with Crippen molar-refractivity contribution in [3.8, 4) is 0 Å². The van der Waals surface area contributed by atoms with Crippen LogP contribution in [-0.4, -0.2) is 47.8 Å². The number of carboxylic acid groups (broad SMARTS) is 1. The Morgan fingerprint density at radius 2 is 2.43 bits per heavy atom. The van der Waals surface area contributed by atoms with E-state index in [1.807, 2.05) is 6.92 Å². The molecule has 1 N–H and O–H groups in total. The van der Waals surface area contributed by atoms with Gasteiger partial charge in [-0.05, 0) is 13.3 Å². The number of nitrogens with zero attached hydrogens (tertiary/aromatic N) is 1. The fraction of sp³-hybridized carbons (Fsp3) is 0.900. The second-order valence-corrected chi connectivity index (χ2v) is 3.84. The molecule has 2 unspecified atom stereocenters. The largest absolute Gasteiger partial charge is 0.481 e. The summed E-state index contributed by atoms with van der Waals surface area (Å²) in [7, 11) is 0. The van der Waals surface area contributed by atoms with Crippen LogP contribution in [0.3, 0.4) is 0 Å². The predicted molar refractivity (Wildman–Crippen MR) is 53.3 cm³/mol. The average molecular weight is 201 g/mol. The van der Waals surface area contributed by atoms with Crippen molar-refractivity contribution in [2.45, 2.75) is 38.8 Å². The molecule has 14 heavy (non-hydrogen) atoms. The lowest BCUT2D eigenvalue weighted by Gasteiger charge is -2.36. The highest BCUT2D eigenvalue weighted by Crippen LogP contribution is 2.12. The number of aliphatic carboxylic acids is 1. The standard InChI is InChI=1S/C10H19NO3/c1-3-9-7-11(4-5-14-9)8(2)6-10(12)13/h8-9H,3-7H2,1-2H3,(H,12,13). The smallest absolute Gasteiger partial charge is 0.304 e. The summed E-state index contributed by atoms with van der Waals surface area (Å²) in [5.74, 6) is -0.725. The van der Waals surface area contributed by atoms with Gasteiger partial charge in [-0.25, -0.2) is 0 Å². The van der Waals surface area contributed by atoms with Gasteiger partial charge in [-0.2, -0.15) is 0 Å². The predicted octanol–water partition coefficient (Wildman–Crippen LogP) is 0.960. The fourth-order valence-corrected chi connectivity index (χ4v) is 1.77. The monoisotopic (exact) mass is 201 g/mol. The van der Waals surface area contributed by atoms with E-state index in [9.17, 15) is 4.79 Å². The van der Waals surface area contributed by atoms with Crippen molar-refractivity contribution in [3.63, 3.8) is 0 Å². The molecule has 82 valence electrons. The molecule has 0 amide bonds. The van der Waals surface area contributed by atoms with Crippen LogP contribution in [0.2, 0.25) is 0 Å². The zero-order chi connectivity index (χ0) is 10.6. The highest BCUT2D eigenvalue weighted by Gasteiger charge is 2.23. The summed E-state index contributed by atoms with van der Waals surface area (Å²) in [5.41, 5.74) is 0. The first kappa shape index (κ1) is 11.5. The van der Waals surface area contributed by atoms with Crippen molar-refractivity contribution in [2.24, 2.45) is 0 Å². The van der Waals surface area contributed by atoms with Gasteiger partial charge in [-0.15, -0.1) is 0 Å². The van der Waals surface area contributed by atoms with Gasteiger partial charge >= 0.3 is 5.97 Å². The maximum atomic E-state index is 10.5. The van der Waals surface area contributed by atoms with Crippen LogP contribution in [-0.2, 0) is 9.53 Å². The third-order valence-electron chi connectivity index (χ3n) is 2.72. The maximum absolute atomic E-state index is 10.5. The van der Waals surface area contributed by atoms with E-state index in [4.69, 9.17) is 9.84 Å². The van der Waals surface area contributed by atoms with Gasteiger partial charge in [-0.1, -0.05) is 6.92 Å². The van der Waals surface area contributed by atoms with Crippen molar-refractivity contribution in [1.82, 2.24) is 4.90 Å². The van der Waals surface area contributed by atoms with Crippen LogP contribution in [0.1, 0.15) is 26.7 Å². The van der Waals surface area contributed by atoms with Crippen molar-refractivity contribution in [3.05, 3.63) is 0 Å². The normalized spacial score (nSPS) is 26.0. The molecule has 1 heterocycles. The molecule has 1 aliphatic heterocycles. The van der Waals surface area contributed by atoms with E-state index < -0.39 is 5.97 Å². The molecule has 1 saturated heterocycles. The summed E-state index contributed by atoms with van der Waals surface area (Å²) in [6.45, 7) is 6.50. The minimum absolute atomic E-state index is 0.116. The number of hydrogen-bond donors (Lipinski definition) is 1. The molecule has 1 aliphatic rings. The van der Waals surface area contributed by atoms with Gasteiger partial charge in [0.25, 0.3) is 0 Å². The first-order valence-corrected chi connectivity index (χ1v) is 5.21. The summed E-state index contributed by atoms with van der Waals surface area (Å²) < 4.78 is 5.52. The molecule has 1 fully saturated rings. The number of morpholine rings is 1. The Hall–Kier alpha value is -0.610. The Labute approximate surface area is 84.8 Å². The Bertz CT molecular complexity index is 196. The van der Waals surface area contributed by atoms with E-state index in [0.717, 1.165) is 26.1 Å². The summed E-state index contributed by atoms with van der Waals surface area (Å²) >= 11 is 0. The molecule has 0 aliphatic carbocycles. The summed E-state index contributed by atoms with van der Waals surface area (Å²) in [4.78, 5) is 12.7. The molecule has 1 rings (SSSR count). The molecule has 0 saturated carbocycles. The van der Waals surface area contributed by atoms with Crippen LogP contribution in [0, 0.1) is 0 Å². The lowest BCUT2D eigenvalue weighted by Crippen LogP contribution is -2.47. The Morgan fingerprint density at radius 1 is 1.71 bits per heavy atom. The van der Waals surface area contributed by atoms with E-state index in [0.29, 0.717) is 0 Å². The van der Waals surface area contributed by atoms with E-state index >= 15 is 0 Å². The van der Waals surface area contributed by atoms with Gasteiger partial charge in [0.05, 0.1) is 19.1 Å². The fourth-order valence-electron chi connectivity index (χ4n) is 1.77. The molecule has 4 nitrogen and oxygen atoms in total. The van der Waals surface area contributed by atoms with E-state index in [-0.39, 0.29) is 18.6 Å². The zero-order valence-corrected chi connectivity index (χ0v) is 8.90.